The van der Waals surface area contributed by atoms with E-state index in [1.54, 1.807) is 37.3 Å². The van der Waals surface area contributed by atoms with Gasteiger partial charge < -0.3 is 9.47 Å². The summed E-state index contributed by atoms with van der Waals surface area (Å²) in [7, 11) is 1.45. The molecule has 0 unspecified atom stereocenters. The highest BCUT2D eigenvalue weighted by Crippen LogP contribution is 2.31. The van der Waals surface area contributed by atoms with Gasteiger partial charge >= 0.3 is 6.03 Å². The summed E-state index contributed by atoms with van der Waals surface area (Å²) in [6, 6.07) is 8.80. The summed E-state index contributed by atoms with van der Waals surface area (Å²) in [6.07, 6.45) is 6.56. The van der Waals surface area contributed by atoms with Gasteiger partial charge in [0.15, 0.2) is 11.5 Å². The third-order valence-corrected chi connectivity index (χ3v) is 4.56. The molecule has 0 saturated carbocycles. The van der Waals surface area contributed by atoms with Gasteiger partial charge in [0.1, 0.15) is 12.2 Å². The van der Waals surface area contributed by atoms with Gasteiger partial charge in [-0.3, -0.25) is 14.9 Å². The van der Waals surface area contributed by atoms with Crippen LogP contribution in [0.5, 0.6) is 11.5 Å². The van der Waals surface area contributed by atoms with E-state index in [0.717, 1.165) is 4.90 Å². The fourth-order valence-electron chi connectivity index (χ4n) is 2.88. The second-order valence-corrected chi connectivity index (χ2v) is 6.73. The van der Waals surface area contributed by atoms with Crippen molar-refractivity contribution in [1.29, 1.82) is 0 Å². The number of methoxy groups -OCH3 is 1. The Bertz CT molecular complexity index is 1120. The molecule has 1 aliphatic rings. The zero-order chi connectivity index (χ0) is 21.8. The number of hydrogen-bond donors (Lipinski definition) is 1. The van der Waals surface area contributed by atoms with Crippen molar-refractivity contribution >= 4 is 41.2 Å². The Morgan fingerprint density at radius 1 is 1.17 bits per heavy atom. The molecule has 1 saturated heterocycles. The molecule has 1 N–H and O–H groups in total. The second kappa shape index (κ2) is 8.72. The van der Waals surface area contributed by atoms with Gasteiger partial charge in [-0.15, -0.1) is 6.42 Å². The number of anilines is 1. The molecule has 0 aromatic heterocycles. The number of carbonyl (C=O) groups excluding carboxylic acids is 3. The maximum absolute atomic E-state index is 13.0. The van der Waals surface area contributed by atoms with E-state index in [-0.39, 0.29) is 12.2 Å². The number of rotatable bonds is 5. The molecule has 1 heterocycles. The van der Waals surface area contributed by atoms with Crippen molar-refractivity contribution in [2.75, 3.05) is 18.6 Å². The predicted octanol–water partition coefficient (Wildman–Crippen LogP) is 3.34. The summed E-state index contributed by atoms with van der Waals surface area (Å²) in [6.45, 7) is 1.79. The number of benzene rings is 2. The highest BCUT2D eigenvalue weighted by Gasteiger charge is 2.37. The monoisotopic (exact) mass is 424 g/mol. The van der Waals surface area contributed by atoms with E-state index >= 15 is 0 Å². The molecule has 152 valence electrons. The highest BCUT2D eigenvalue weighted by atomic mass is 35.5. The highest BCUT2D eigenvalue weighted by molar-refractivity contribution is 6.39. The van der Waals surface area contributed by atoms with Gasteiger partial charge in [0.2, 0.25) is 0 Å². The Morgan fingerprint density at radius 3 is 2.63 bits per heavy atom. The van der Waals surface area contributed by atoms with Crippen LogP contribution in [0.25, 0.3) is 6.08 Å². The van der Waals surface area contributed by atoms with E-state index in [4.69, 9.17) is 27.5 Å². The molecule has 2 aromatic carbocycles. The number of nitrogens with one attached hydrogen (secondary N) is 1. The zero-order valence-corrected chi connectivity index (χ0v) is 16.9. The number of halogens is 1. The van der Waals surface area contributed by atoms with E-state index in [2.05, 4.69) is 11.2 Å². The molecule has 0 radical (unpaired) electrons. The Balaban J connectivity index is 2.00. The Kier molecular flexibility index (Phi) is 6.09. The van der Waals surface area contributed by atoms with Crippen molar-refractivity contribution in [2.24, 2.45) is 0 Å². The van der Waals surface area contributed by atoms with E-state index in [0.29, 0.717) is 33.3 Å². The molecular formula is C22H17ClN2O5. The van der Waals surface area contributed by atoms with Crippen LogP contribution < -0.4 is 19.7 Å². The van der Waals surface area contributed by atoms with Gasteiger partial charge in [-0.25, -0.2) is 9.69 Å². The molecule has 0 spiro atoms. The summed E-state index contributed by atoms with van der Waals surface area (Å²) in [5.41, 5.74) is 1.22. The second-order valence-electron chi connectivity index (χ2n) is 6.29. The van der Waals surface area contributed by atoms with E-state index < -0.39 is 17.8 Å². The Hall–Kier alpha value is -3.76. The van der Waals surface area contributed by atoms with Crippen molar-refractivity contribution in [2.45, 2.75) is 6.92 Å². The number of hydrogen-bond acceptors (Lipinski definition) is 5. The van der Waals surface area contributed by atoms with Crippen molar-refractivity contribution in [3.05, 3.63) is 58.1 Å². The van der Waals surface area contributed by atoms with Crippen LogP contribution in [-0.4, -0.2) is 31.6 Å². The Labute approximate surface area is 178 Å². The summed E-state index contributed by atoms with van der Waals surface area (Å²) in [5, 5.41) is 2.53. The molecule has 3 rings (SSSR count). The van der Waals surface area contributed by atoms with E-state index in [1.807, 2.05) is 0 Å². The summed E-state index contributed by atoms with van der Waals surface area (Å²) in [5.74, 6) is 1.59. The minimum absolute atomic E-state index is 0.0632. The maximum Gasteiger partial charge on any atom is 0.335 e. The lowest BCUT2D eigenvalue weighted by atomic mass is 10.1. The van der Waals surface area contributed by atoms with Crippen LogP contribution in [0.3, 0.4) is 0 Å². The lowest BCUT2D eigenvalue weighted by molar-refractivity contribution is -0.122. The van der Waals surface area contributed by atoms with Gasteiger partial charge in [-0.05, 0) is 48.4 Å². The van der Waals surface area contributed by atoms with Crippen LogP contribution in [0.2, 0.25) is 5.02 Å². The number of aryl methyl sites for hydroxylation is 1. The van der Waals surface area contributed by atoms with E-state index in [1.165, 1.54) is 19.3 Å². The summed E-state index contributed by atoms with van der Waals surface area (Å²) in [4.78, 5) is 38.6. The normalized spacial score (nSPS) is 15.1. The lowest BCUT2D eigenvalue weighted by Crippen LogP contribution is -2.54. The third-order valence-electron chi connectivity index (χ3n) is 4.32. The molecule has 7 nitrogen and oxygen atoms in total. The number of carbonyl (C=O) groups is 3. The largest absolute Gasteiger partial charge is 0.493 e. The van der Waals surface area contributed by atoms with Crippen molar-refractivity contribution < 1.29 is 23.9 Å². The molecule has 0 aliphatic carbocycles. The minimum atomic E-state index is -0.844. The molecule has 4 amide bonds. The first kappa shape index (κ1) is 21.0. The van der Waals surface area contributed by atoms with Crippen LogP contribution in [0, 0.1) is 19.3 Å². The average Bonchev–Trinajstić information content (AvgIpc) is 2.72. The Morgan fingerprint density at radius 2 is 1.93 bits per heavy atom. The number of terminal acetylenes is 1. The topological polar surface area (TPSA) is 84.9 Å². The zero-order valence-electron chi connectivity index (χ0n) is 16.2. The van der Waals surface area contributed by atoms with Crippen LogP contribution in [-0.2, 0) is 9.59 Å². The van der Waals surface area contributed by atoms with Crippen molar-refractivity contribution in [3.8, 4) is 23.8 Å². The minimum Gasteiger partial charge on any atom is -0.493 e. The first-order valence-corrected chi connectivity index (χ1v) is 9.15. The van der Waals surface area contributed by atoms with Crippen LogP contribution in [0.4, 0.5) is 10.5 Å². The molecule has 1 aliphatic heterocycles. The third kappa shape index (κ3) is 4.14. The molecule has 2 aromatic rings. The SMILES string of the molecule is C#CCOc1ccc(/C=C2\C(=O)NC(=O)N(c3cc(Cl)ccc3C)C2=O)cc1OC. The van der Waals surface area contributed by atoms with Gasteiger partial charge in [0.05, 0.1) is 12.8 Å². The summed E-state index contributed by atoms with van der Waals surface area (Å²) >= 11 is 6.02. The fraction of sp³-hybridized carbons (Fsp3) is 0.136. The van der Waals surface area contributed by atoms with Crippen LogP contribution in [0.1, 0.15) is 11.1 Å². The average molecular weight is 425 g/mol. The molecular weight excluding hydrogens is 408 g/mol. The quantitative estimate of drug-likeness (QED) is 0.452. The smallest absolute Gasteiger partial charge is 0.335 e. The van der Waals surface area contributed by atoms with Crippen LogP contribution in [0.15, 0.2) is 42.0 Å². The maximum atomic E-state index is 13.0. The van der Waals surface area contributed by atoms with Gasteiger partial charge in [-0.2, -0.15) is 0 Å². The van der Waals surface area contributed by atoms with Gasteiger partial charge in [0, 0.05) is 5.02 Å². The number of nitrogens with zero attached hydrogens (tertiary/aromatic N) is 1. The van der Waals surface area contributed by atoms with Crippen molar-refractivity contribution in [1.82, 2.24) is 5.32 Å². The standard InChI is InChI=1S/C22H17ClN2O5/c1-4-9-30-18-8-6-14(11-19(18)29-3)10-16-20(26)24-22(28)25(21(16)27)17-12-15(23)7-5-13(17)2/h1,5-8,10-12H,9H2,2-3H3,(H,24,26,28)/b16-10+. The first-order chi connectivity index (χ1) is 14.3. The molecule has 0 atom stereocenters. The fourth-order valence-corrected chi connectivity index (χ4v) is 3.05. The number of urea groups is 1. The lowest BCUT2D eigenvalue weighted by Gasteiger charge is -2.27. The number of ether oxygens (including phenoxy) is 2. The number of amides is 4. The first-order valence-electron chi connectivity index (χ1n) is 8.77. The van der Waals surface area contributed by atoms with E-state index in [9.17, 15) is 14.4 Å². The molecule has 1 fully saturated rings. The number of barbiturate groups is 1. The van der Waals surface area contributed by atoms with Crippen molar-refractivity contribution in [3.63, 3.8) is 0 Å². The predicted molar refractivity (Wildman–Crippen MR) is 113 cm³/mol. The molecule has 8 heteroatoms. The molecule has 30 heavy (non-hydrogen) atoms. The van der Waals surface area contributed by atoms with Crippen LogP contribution >= 0.6 is 11.6 Å². The summed E-state index contributed by atoms with van der Waals surface area (Å²) < 4.78 is 10.7. The molecule has 0 bridgehead atoms. The van der Waals surface area contributed by atoms with Gasteiger partial charge in [-0.1, -0.05) is 29.7 Å². The number of imide groups is 2. The van der Waals surface area contributed by atoms with Gasteiger partial charge in [0.25, 0.3) is 11.8 Å².